The van der Waals surface area contributed by atoms with Crippen molar-refractivity contribution >= 4 is 28.9 Å². The summed E-state index contributed by atoms with van der Waals surface area (Å²) >= 11 is 12.4. The Bertz CT molecular complexity index is 180. The van der Waals surface area contributed by atoms with Crippen LogP contribution in [0.5, 0.6) is 0 Å². The molecule has 0 bridgehead atoms. The molecule has 0 aromatic carbocycles. The molecule has 0 saturated heterocycles. The minimum atomic E-state index is -1.96. The smallest absolute Gasteiger partial charge is 0.146 e. The van der Waals surface area contributed by atoms with Gasteiger partial charge in [0.05, 0.1) is 0 Å². The summed E-state index contributed by atoms with van der Waals surface area (Å²) in [6, 6.07) is 0.979. The van der Waals surface area contributed by atoms with E-state index in [9.17, 15) is 0 Å². The molecule has 0 N–H and O–H groups in total. The summed E-state index contributed by atoms with van der Waals surface area (Å²) in [5.41, 5.74) is 0.668. The van der Waals surface area contributed by atoms with E-state index < -0.39 is 6.69 Å². The van der Waals surface area contributed by atoms with Gasteiger partial charge in [0.25, 0.3) is 0 Å². The van der Waals surface area contributed by atoms with Crippen LogP contribution in [0, 0.1) is 10.8 Å². The first kappa shape index (κ1) is 14.8. The van der Waals surface area contributed by atoms with Crippen molar-refractivity contribution in [1.29, 1.82) is 0 Å². The van der Waals surface area contributed by atoms with Crippen LogP contribution in [-0.4, -0.2) is 6.69 Å². The zero-order chi connectivity index (χ0) is 11.6. The average Bonchev–Trinajstić information content (AvgIpc) is 1.78. The molecular weight excluding hydrogens is 231 g/mol. The average molecular weight is 255 g/mol. The van der Waals surface area contributed by atoms with Crippen molar-refractivity contribution in [3.05, 3.63) is 0 Å². The quantitative estimate of drug-likeness (QED) is 0.456. The molecule has 0 spiro atoms. The normalized spacial score (nSPS) is 14.6. The summed E-state index contributed by atoms with van der Waals surface area (Å²) in [6.45, 7) is 11.5. The molecule has 14 heavy (non-hydrogen) atoms. The first-order valence-corrected chi connectivity index (χ1v) is 10.1. The van der Waals surface area contributed by atoms with Crippen molar-refractivity contribution in [3.8, 4) is 0 Å². The third kappa shape index (κ3) is 7.14. The van der Waals surface area contributed by atoms with Crippen LogP contribution in [0.3, 0.4) is 0 Å². The molecule has 0 atom stereocenters. The van der Waals surface area contributed by atoms with Crippen molar-refractivity contribution in [3.63, 3.8) is 0 Å². The maximum Gasteiger partial charge on any atom is 0.248 e. The van der Waals surface area contributed by atoms with Crippen molar-refractivity contribution in [2.24, 2.45) is 10.8 Å². The van der Waals surface area contributed by atoms with E-state index in [-0.39, 0.29) is 5.41 Å². The molecule has 0 amide bonds. The van der Waals surface area contributed by atoms with Gasteiger partial charge >= 0.3 is 0 Å². The molecule has 0 aromatic heterocycles. The second kappa shape index (κ2) is 4.76. The maximum absolute atomic E-state index is 6.19. The number of hydrogen-bond acceptors (Lipinski definition) is 0. The lowest BCUT2D eigenvalue weighted by Crippen LogP contribution is -2.29. The molecule has 0 aliphatic carbocycles. The van der Waals surface area contributed by atoms with Gasteiger partial charge in [0.15, 0.2) is 0 Å². The summed E-state index contributed by atoms with van der Waals surface area (Å²) in [5, 5.41) is 0. The molecule has 0 saturated carbocycles. The standard InChI is InChI=1S/C11H24Cl2Si/c1-7-10(2,3)8-11(4,5)9-14(6,12)13/h7-9H2,1-6H3. The van der Waals surface area contributed by atoms with Crippen LogP contribution in [-0.2, 0) is 0 Å². The highest BCUT2D eigenvalue weighted by atomic mass is 35.7. The summed E-state index contributed by atoms with van der Waals surface area (Å²) in [4.78, 5) is 0. The van der Waals surface area contributed by atoms with Crippen LogP contribution in [0.15, 0.2) is 0 Å². The summed E-state index contributed by atoms with van der Waals surface area (Å²) < 4.78 is 0. The van der Waals surface area contributed by atoms with E-state index in [2.05, 4.69) is 34.6 Å². The zero-order valence-corrected chi connectivity index (χ0v) is 12.9. The van der Waals surface area contributed by atoms with Gasteiger partial charge in [-0.05, 0) is 29.8 Å². The number of hydrogen-bond donors (Lipinski definition) is 0. The fourth-order valence-electron chi connectivity index (χ4n) is 2.32. The molecule has 0 aliphatic heterocycles. The summed E-state index contributed by atoms with van der Waals surface area (Å²) in [5.74, 6) is 0. The third-order valence-electron chi connectivity index (χ3n) is 2.70. The molecule has 0 nitrogen and oxygen atoms in total. The number of halogens is 2. The Kier molecular flexibility index (Phi) is 5.03. The minimum absolute atomic E-state index is 0.268. The molecular formula is C11H24Cl2Si. The monoisotopic (exact) mass is 254 g/mol. The van der Waals surface area contributed by atoms with Crippen LogP contribution in [0.4, 0.5) is 0 Å². The van der Waals surface area contributed by atoms with Gasteiger partial charge in [0, 0.05) is 0 Å². The van der Waals surface area contributed by atoms with E-state index in [0.717, 1.165) is 6.04 Å². The lowest BCUT2D eigenvalue weighted by molar-refractivity contribution is 0.205. The van der Waals surface area contributed by atoms with Gasteiger partial charge in [-0.1, -0.05) is 41.0 Å². The Morgan fingerprint density at radius 1 is 1.00 bits per heavy atom. The fourth-order valence-corrected chi connectivity index (χ4v) is 6.30. The molecule has 0 heterocycles. The minimum Gasteiger partial charge on any atom is -0.146 e. The second-order valence-corrected chi connectivity index (χ2v) is 14.2. The van der Waals surface area contributed by atoms with Crippen LogP contribution < -0.4 is 0 Å². The Morgan fingerprint density at radius 3 is 1.71 bits per heavy atom. The van der Waals surface area contributed by atoms with Crippen LogP contribution >= 0.6 is 22.2 Å². The molecule has 0 rings (SSSR count). The number of rotatable bonds is 5. The first-order chi connectivity index (χ1) is 5.97. The van der Waals surface area contributed by atoms with Gasteiger partial charge in [-0.3, -0.25) is 0 Å². The van der Waals surface area contributed by atoms with E-state index >= 15 is 0 Å². The highest BCUT2D eigenvalue weighted by molar-refractivity contribution is 7.44. The largest absolute Gasteiger partial charge is 0.248 e. The van der Waals surface area contributed by atoms with E-state index in [4.69, 9.17) is 22.2 Å². The highest BCUT2D eigenvalue weighted by Crippen LogP contribution is 2.42. The SMILES string of the molecule is CCC(C)(C)CC(C)(C)C[Si](C)(Cl)Cl. The van der Waals surface area contributed by atoms with E-state index in [1.807, 2.05) is 6.55 Å². The Morgan fingerprint density at radius 2 is 1.43 bits per heavy atom. The van der Waals surface area contributed by atoms with Gasteiger partial charge in [-0.15, -0.1) is 22.2 Å². The highest BCUT2D eigenvalue weighted by Gasteiger charge is 2.35. The Hall–Kier alpha value is 0.797. The van der Waals surface area contributed by atoms with E-state index in [1.54, 1.807) is 0 Å². The Labute approximate surface area is 99.8 Å². The third-order valence-corrected chi connectivity index (χ3v) is 5.08. The van der Waals surface area contributed by atoms with Crippen LogP contribution in [0.25, 0.3) is 0 Å². The molecule has 0 unspecified atom stereocenters. The van der Waals surface area contributed by atoms with Gasteiger partial charge in [0.2, 0.25) is 6.69 Å². The van der Waals surface area contributed by atoms with Gasteiger partial charge < -0.3 is 0 Å². The van der Waals surface area contributed by atoms with Gasteiger partial charge in [0.1, 0.15) is 0 Å². The summed E-state index contributed by atoms with van der Waals surface area (Å²) in [6.07, 6.45) is 2.40. The Balaban J connectivity index is 4.35. The lowest BCUT2D eigenvalue weighted by atomic mass is 9.75. The van der Waals surface area contributed by atoms with Gasteiger partial charge in [-0.2, -0.15) is 0 Å². The first-order valence-electron chi connectivity index (χ1n) is 5.35. The topological polar surface area (TPSA) is 0 Å². The zero-order valence-electron chi connectivity index (χ0n) is 10.4. The van der Waals surface area contributed by atoms with E-state index in [1.165, 1.54) is 12.8 Å². The molecule has 0 radical (unpaired) electrons. The molecule has 86 valence electrons. The molecule has 0 aromatic rings. The maximum atomic E-state index is 6.19. The van der Waals surface area contributed by atoms with Crippen LogP contribution in [0.1, 0.15) is 47.5 Å². The molecule has 0 fully saturated rings. The van der Waals surface area contributed by atoms with Crippen molar-refractivity contribution < 1.29 is 0 Å². The second-order valence-electron chi connectivity index (χ2n) is 6.11. The van der Waals surface area contributed by atoms with Gasteiger partial charge in [-0.25, -0.2) is 0 Å². The predicted molar refractivity (Wildman–Crippen MR) is 70.6 cm³/mol. The molecule has 3 heteroatoms. The fraction of sp³-hybridized carbons (Fsp3) is 1.00. The summed E-state index contributed by atoms with van der Waals surface area (Å²) in [7, 11) is 0. The van der Waals surface area contributed by atoms with E-state index in [0.29, 0.717) is 5.41 Å². The van der Waals surface area contributed by atoms with Crippen LogP contribution in [0.2, 0.25) is 12.6 Å². The predicted octanol–water partition coefficient (Wildman–Crippen LogP) is 5.39. The van der Waals surface area contributed by atoms with Crippen molar-refractivity contribution in [2.75, 3.05) is 0 Å². The van der Waals surface area contributed by atoms with Crippen molar-refractivity contribution in [1.82, 2.24) is 0 Å². The molecule has 0 aliphatic rings. The lowest BCUT2D eigenvalue weighted by Gasteiger charge is -2.36. The van der Waals surface area contributed by atoms with Crippen molar-refractivity contribution in [2.45, 2.75) is 60.1 Å².